The number of ether oxygens (including phenoxy) is 1. The predicted octanol–water partition coefficient (Wildman–Crippen LogP) is 2.58. The first-order valence-corrected chi connectivity index (χ1v) is 9.42. The number of aliphatic hydroxyl groups is 1. The van der Waals surface area contributed by atoms with Crippen LogP contribution in [-0.4, -0.2) is 47.7 Å². The predicted molar refractivity (Wildman–Crippen MR) is 107 cm³/mol. The molecule has 8 heteroatoms. The number of halogens is 1. The fourth-order valence-electron chi connectivity index (χ4n) is 3.45. The summed E-state index contributed by atoms with van der Waals surface area (Å²) in [4.78, 5) is 27.6. The van der Waals surface area contributed by atoms with Gasteiger partial charge in [-0.25, -0.2) is 4.39 Å². The Hall–Kier alpha value is -3.19. The van der Waals surface area contributed by atoms with Gasteiger partial charge in [-0.15, -0.1) is 5.73 Å². The summed E-state index contributed by atoms with van der Waals surface area (Å²) in [6.45, 7) is 5.43. The maximum Gasteiger partial charge on any atom is 0.255 e. The summed E-state index contributed by atoms with van der Waals surface area (Å²) in [5, 5.41) is 12.4. The van der Waals surface area contributed by atoms with Gasteiger partial charge in [0.05, 0.1) is 32.1 Å². The molecule has 1 aromatic heterocycles. The van der Waals surface area contributed by atoms with E-state index in [0.29, 0.717) is 5.69 Å². The van der Waals surface area contributed by atoms with Gasteiger partial charge >= 0.3 is 0 Å². The average Bonchev–Trinajstić information content (AvgIpc) is 3.36. The molecule has 0 aliphatic carbocycles. The lowest BCUT2D eigenvalue weighted by Crippen LogP contribution is -2.50. The Morgan fingerprint density at radius 3 is 2.73 bits per heavy atom. The molecule has 1 saturated heterocycles. The molecular formula is C22H23FN2O5. The van der Waals surface area contributed by atoms with E-state index in [9.17, 15) is 19.1 Å². The van der Waals surface area contributed by atoms with Crippen LogP contribution in [0.3, 0.4) is 0 Å². The number of rotatable bonds is 7. The minimum absolute atomic E-state index is 0.155. The van der Waals surface area contributed by atoms with E-state index >= 15 is 0 Å². The summed E-state index contributed by atoms with van der Waals surface area (Å²) in [7, 11) is 0. The van der Waals surface area contributed by atoms with E-state index in [1.54, 1.807) is 13.0 Å². The molecule has 3 rings (SSSR count). The van der Waals surface area contributed by atoms with Crippen molar-refractivity contribution in [1.29, 1.82) is 0 Å². The molecule has 2 amide bonds. The maximum atomic E-state index is 13.3. The van der Waals surface area contributed by atoms with Crippen molar-refractivity contribution in [3.8, 4) is 0 Å². The van der Waals surface area contributed by atoms with E-state index in [4.69, 9.17) is 9.15 Å². The van der Waals surface area contributed by atoms with E-state index in [0.717, 1.165) is 11.6 Å². The Morgan fingerprint density at radius 2 is 2.13 bits per heavy atom. The first-order chi connectivity index (χ1) is 14.4. The monoisotopic (exact) mass is 414 g/mol. The second kappa shape index (κ2) is 9.54. The Balaban J connectivity index is 2.02. The van der Waals surface area contributed by atoms with Gasteiger partial charge in [-0.2, -0.15) is 0 Å². The fraction of sp³-hybridized carbons (Fsp3) is 0.318. The molecule has 1 aliphatic heterocycles. The third-order valence-electron chi connectivity index (χ3n) is 4.90. The van der Waals surface area contributed by atoms with Crippen LogP contribution in [0.4, 0.5) is 10.1 Å². The topological polar surface area (TPSA) is 92.0 Å². The highest BCUT2D eigenvalue weighted by molar-refractivity contribution is 5.99. The summed E-state index contributed by atoms with van der Waals surface area (Å²) in [5.74, 6) is -1.63. The number of carbonyl (C=O) groups excluding carboxylic acids is 2. The molecule has 0 radical (unpaired) electrons. The molecule has 7 nitrogen and oxygen atoms in total. The van der Waals surface area contributed by atoms with Crippen LogP contribution in [0.15, 0.2) is 59.4 Å². The number of aliphatic hydroxyl groups excluding tert-OH is 1. The van der Waals surface area contributed by atoms with Crippen LogP contribution in [0.25, 0.3) is 0 Å². The van der Waals surface area contributed by atoms with E-state index in [1.807, 2.05) is 0 Å². The molecule has 1 unspecified atom stereocenters. The van der Waals surface area contributed by atoms with Crippen molar-refractivity contribution >= 4 is 17.5 Å². The number of hydrogen-bond acceptors (Lipinski definition) is 5. The summed E-state index contributed by atoms with van der Waals surface area (Å²) in [6.07, 6.45) is 2.61. The van der Waals surface area contributed by atoms with Crippen LogP contribution < -0.4 is 5.32 Å². The zero-order chi connectivity index (χ0) is 21.7. The molecule has 3 atom stereocenters. The van der Waals surface area contributed by atoms with Crippen molar-refractivity contribution in [3.63, 3.8) is 0 Å². The molecule has 0 bridgehead atoms. The molecule has 1 aromatic carbocycles. The normalized spacial score (nSPS) is 19.0. The van der Waals surface area contributed by atoms with Crippen LogP contribution >= 0.6 is 0 Å². The smallest absolute Gasteiger partial charge is 0.255 e. The molecule has 2 aromatic rings. The molecule has 1 aliphatic rings. The van der Waals surface area contributed by atoms with Crippen LogP contribution in [0.2, 0.25) is 0 Å². The van der Waals surface area contributed by atoms with Crippen LogP contribution in [0, 0.1) is 18.7 Å². The van der Waals surface area contributed by atoms with Crippen molar-refractivity contribution in [2.75, 3.05) is 25.1 Å². The van der Waals surface area contributed by atoms with Crippen molar-refractivity contribution in [2.45, 2.75) is 19.0 Å². The summed E-state index contributed by atoms with van der Waals surface area (Å²) in [6, 6.07) is 5.22. The summed E-state index contributed by atoms with van der Waals surface area (Å²) >= 11 is 0. The van der Waals surface area contributed by atoms with Crippen molar-refractivity contribution in [2.24, 2.45) is 5.92 Å². The van der Waals surface area contributed by atoms with E-state index in [2.05, 4.69) is 17.6 Å². The van der Waals surface area contributed by atoms with Gasteiger partial charge in [0.25, 0.3) is 11.8 Å². The molecule has 2 heterocycles. The molecule has 30 heavy (non-hydrogen) atoms. The molecule has 158 valence electrons. The number of anilines is 1. The summed E-state index contributed by atoms with van der Waals surface area (Å²) < 4.78 is 24.3. The molecule has 0 saturated carbocycles. The maximum absolute atomic E-state index is 13.3. The third-order valence-corrected chi connectivity index (χ3v) is 4.90. The Kier molecular flexibility index (Phi) is 6.84. The number of furan rings is 1. The highest BCUT2D eigenvalue weighted by Gasteiger charge is 2.43. The second-order valence-corrected chi connectivity index (χ2v) is 7.07. The van der Waals surface area contributed by atoms with Gasteiger partial charge in [0.2, 0.25) is 0 Å². The van der Waals surface area contributed by atoms with Crippen molar-refractivity contribution in [1.82, 2.24) is 4.90 Å². The van der Waals surface area contributed by atoms with Gasteiger partial charge in [0.15, 0.2) is 6.04 Å². The number of benzene rings is 1. The minimum atomic E-state index is -1.15. The van der Waals surface area contributed by atoms with Crippen molar-refractivity contribution < 1.29 is 28.2 Å². The number of nitrogens with one attached hydrogen (secondary N) is 1. The Morgan fingerprint density at radius 1 is 1.40 bits per heavy atom. The molecular weight excluding hydrogens is 391 g/mol. The molecule has 2 N–H and O–H groups in total. The quantitative estimate of drug-likeness (QED) is 0.537. The lowest BCUT2D eigenvalue weighted by Gasteiger charge is -2.35. The number of aryl methyl sites for hydroxylation is 1. The van der Waals surface area contributed by atoms with Gasteiger partial charge in [0.1, 0.15) is 11.6 Å². The van der Waals surface area contributed by atoms with Crippen molar-refractivity contribution in [3.05, 3.63) is 72.1 Å². The largest absolute Gasteiger partial charge is 0.466 e. The lowest BCUT2D eigenvalue weighted by molar-refractivity contribution is -0.139. The zero-order valence-electron chi connectivity index (χ0n) is 16.5. The first kappa shape index (κ1) is 21.5. The fourth-order valence-corrected chi connectivity index (χ4v) is 3.45. The number of nitrogens with zero attached hydrogens (tertiary/aromatic N) is 1. The van der Waals surface area contributed by atoms with E-state index < -0.39 is 29.7 Å². The lowest BCUT2D eigenvalue weighted by atomic mass is 9.99. The van der Waals surface area contributed by atoms with Crippen LogP contribution in [-0.2, 0) is 14.3 Å². The minimum Gasteiger partial charge on any atom is -0.466 e. The Labute approximate surface area is 173 Å². The molecule has 0 spiro atoms. The van der Waals surface area contributed by atoms with Gasteiger partial charge in [-0.3, -0.25) is 9.59 Å². The second-order valence-electron chi connectivity index (χ2n) is 7.07. The van der Waals surface area contributed by atoms with Gasteiger partial charge in [-0.1, -0.05) is 6.58 Å². The Bertz CT molecular complexity index is 949. The van der Waals surface area contributed by atoms with Gasteiger partial charge < -0.3 is 24.5 Å². The standard InChI is InChI=1S/C22H23FN2O5/c1-3-4-20(27)25(18-13-29-12-15(18)10-26)21(19-9-14(2)11-30-19)22(28)24-17-7-5-16(23)6-8-17/h4-9,11,15,18,21,26H,1,10,12-13H2,2H3,(H,24,28)/t15-,18+,21?/m0/s1. The van der Waals surface area contributed by atoms with Gasteiger partial charge in [0, 0.05) is 17.7 Å². The SMILES string of the molecule is C=C=CC(=O)N(C(C(=O)Nc1ccc(F)cc1)c1cc(C)co1)[C@@H]1COC[C@@H]1CO. The highest BCUT2D eigenvalue weighted by Crippen LogP contribution is 2.32. The highest BCUT2D eigenvalue weighted by atomic mass is 19.1. The average molecular weight is 414 g/mol. The third kappa shape index (κ3) is 4.68. The number of hydrogen-bond donors (Lipinski definition) is 2. The number of carbonyl (C=O) groups is 2. The van der Waals surface area contributed by atoms with Crippen LogP contribution in [0.1, 0.15) is 17.4 Å². The van der Waals surface area contributed by atoms with E-state index in [-0.39, 0.29) is 31.5 Å². The molecule has 1 fully saturated rings. The summed E-state index contributed by atoms with van der Waals surface area (Å²) in [5.41, 5.74) is 3.58. The first-order valence-electron chi connectivity index (χ1n) is 9.42. The van der Waals surface area contributed by atoms with E-state index in [1.165, 1.54) is 35.4 Å². The van der Waals surface area contributed by atoms with Crippen LogP contribution in [0.5, 0.6) is 0 Å². The zero-order valence-corrected chi connectivity index (χ0v) is 16.5. The van der Waals surface area contributed by atoms with Gasteiger partial charge in [-0.05, 0) is 42.8 Å². The number of amides is 2.